The van der Waals surface area contributed by atoms with Gasteiger partial charge in [0.05, 0.1) is 29.1 Å². The number of hydrogen-bond donors (Lipinski definition) is 1. The Balaban J connectivity index is 2.10. The van der Waals surface area contributed by atoms with E-state index in [1.165, 1.54) is 12.1 Å². The van der Waals surface area contributed by atoms with Gasteiger partial charge < -0.3 is 10.2 Å². The molecule has 1 amide bonds. The number of anilines is 2. The SMILES string of the molecule is Cc1nc(N(C)C)nc(C)c1NC(=O)Cc1ccc(C(F)(F)F)cc1. The Morgan fingerprint density at radius 1 is 1.08 bits per heavy atom. The first-order chi connectivity index (χ1) is 11.6. The maximum Gasteiger partial charge on any atom is 0.416 e. The fraction of sp³-hybridized carbons (Fsp3) is 0.353. The molecular formula is C17H19F3N4O. The molecule has 0 unspecified atom stereocenters. The minimum Gasteiger partial charge on any atom is -0.347 e. The smallest absolute Gasteiger partial charge is 0.347 e. The van der Waals surface area contributed by atoms with Crippen molar-refractivity contribution in [2.24, 2.45) is 0 Å². The van der Waals surface area contributed by atoms with Crippen molar-refractivity contribution in [1.82, 2.24) is 9.97 Å². The van der Waals surface area contributed by atoms with Crippen LogP contribution >= 0.6 is 0 Å². The third kappa shape index (κ3) is 4.68. The summed E-state index contributed by atoms with van der Waals surface area (Å²) in [4.78, 5) is 22.6. The Labute approximate surface area is 143 Å². The lowest BCUT2D eigenvalue weighted by atomic mass is 10.1. The number of alkyl halides is 3. The summed E-state index contributed by atoms with van der Waals surface area (Å²) in [5.41, 5.74) is 1.51. The van der Waals surface area contributed by atoms with Gasteiger partial charge in [-0.3, -0.25) is 4.79 Å². The lowest BCUT2D eigenvalue weighted by Gasteiger charge is -2.15. The predicted octanol–water partition coefficient (Wildman–Crippen LogP) is 3.36. The summed E-state index contributed by atoms with van der Waals surface area (Å²) in [6, 6.07) is 4.53. The van der Waals surface area contributed by atoms with Crippen molar-refractivity contribution >= 4 is 17.5 Å². The van der Waals surface area contributed by atoms with Crippen molar-refractivity contribution in [1.29, 1.82) is 0 Å². The topological polar surface area (TPSA) is 58.1 Å². The predicted molar refractivity (Wildman–Crippen MR) is 89.6 cm³/mol. The third-order valence-corrected chi connectivity index (χ3v) is 3.57. The van der Waals surface area contributed by atoms with Gasteiger partial charge in [-0.25, -0.2) is 9.97 Å². The number of benzene rings is 1. The summed E-state index contributed by atoms with van der Waals surface area (Å²) in [5.74, 6) is 0.197. The zero-order valence-electron chi connectivity index (χ0n) is 14.4. The van der Waals surface area contributed by atoms with Crippen molar-refractivity contribution in [2.45, 2.75) is 26.4 Å². The standard InChI is InChI=1S/C17H19F3N4O/c1-10-15(11(2)22-16(21-10)24(3)4)23-14(25)9-12-5-7-13(8-6-12)17(18,19)20/h5-8H,9H2,1-4H3,(H,23,25). The molecule has 2 aromatic rings. The summed E-state index contributed by atoms with van der Waals surface area (Å²) >= 11 is 0. The Kier molecular flexibility index (Phi) is 5.30. The molecule has 2 rings (SSSR count). The Morgan fingerprint density at radius 2 is 1.60 bits per heavy atom. The van der Waals surface area contributed by atoms with Gasteiger partial charge in [-0.2, -0.15) is 13.2 Å². The third-order valence-electron chi connectivity index (χ3n) is 3.57. The van der Waals surface area contributed by atoms with Gasteiger partial charge in [-0.1, -0.05) is 12.1 Å². The van der Waals surface area contributed by atoms with Crippen LogP contribution in [-0.4, -0.2) is 30.0 Å². The molecule has 0 aliphatic carbocycles. The Morgan fingerprint density at radius 3 is 2.04 bits per heavy atom. The van der Waals surface area contributed by atoms with Crippen molar-refractivity contribution in [3.63, 3.8) is 0 Å². The van der Waals surface area contributed by atoms with Gasteiger partial charge in [-0.05, 0) is 31.5 Å². The maximum absolute atomic E-state index is 12.6. The van der Waals surface area contributed by atoms with E-state index in [1.807, 2.05) is 14.1 Å². The first kappa shape index (κ1) is 18.7. The number of amides is 1. The zero-order valence-corrected chi connectivity index (χ0v) is 14.4. The molecule has 0 fully saturated rings. The van der Waals surface area contributed by atoms with Gasteiger partial charge in [0.15, 0.2) is 0 Å². The van der Waals surface area contributed by atoms with Gasteiger partial charge in [0.2, 0.25) is 11.9 Å². The number of rotatable bonds is 4. The van der Waals surface area contributed by atoms with Crippen LogP contribution in [0.2, 0.25) is 0 Å². The second-order valence-corrected chi connectivity index (χ2v) is 5.88. The van der Waals surface area contributed by atoms with E-state index in [1.54, 1.807) is 18.7 Å². The van der Waals surface area contributed by atoms with E-state index >= 15 is 0 Å². The Bertz CT molecular complexity index is 747. The number of nitrogens with zero attached hydrogens (tertiary/aromatic N) is 3. The molecule has 0 saturated carbocycles. The molecule has 5 nitrogen and oxygen atoms in total. The van der Waals surface area contributed by atoms with Crippen LogP contribution in [0.15, 0.2) is 24.3 Å². The highest BCUT2D eigenvalue weighted by Crippen LogP contribution is 2.29. The zero-order chi connectivity index (χ0) is 18.8. The van der Waals surface area contributed by atoms with Crippen LogP contribution < -0.4 is 10.2 Å². The van der Waals surface area contributed by atoms with E-state index in [0.717, 1.165) is 12.1 Å². The van der Waals surface area contributed by atoms with Crippen LogP contribution in [0.4, 0.5) is 24.8 Å². The van der Waals surface area contributed by atoms with Crippen LogP contribution in [0.3, 0.4) is 0 Å². The minimum atomic E-state index is -4.39. The maximum atomic E-state index is 12.6. The number of nitrogens with one attached hydrogen (secondary N) is 1. The highest BCUT2D eigenvalue weighted by Gasteiger charge is 2.30. The number of carbonyl (C=O) groups is 1. The monoisotopic (exact) mass is 352 g/mol. The molecule has 134 valence electrons. The van der Waals surface area contributed by atoms with E-state index in [-0.39, 0.29) is 12.3 Å². The average molecular weight is 352 g/mol. The fourth-order valence-electron chi connectivity index (χ4n) is 2.26. The van der Waals surface area contributed by atoms with Crippen LogP contribution in [0.5, 0.6) is 0 Å². The van der Waals surface area contributed by atoms with E-state index in [2.05, 4.69) is 15.3 Å². The van der Waals surface area contributed by atoms with Crippen molar-refractivity contribution in [2.75, 3.05) is 24.3 Å². The second kappa shape index (κ2) is 7.08. The van der Waals surface area contributed by atoms with Crippen LogP contribution in [0.25, 0.3) is 0 Å². The van der Waals surface area contributed by atoms with Gasteiger partial charge in [0.25, 0.3) is 0 Å². The molecule has 1 aromatic carbocycles. The average Bonchev–Trinajstić information content (AvgIpc) is 2.50. The molecule has 0 atom stereocenters. The molecule has 1 aromatic heterocycles. The quantitative estimate of drug-likeness (QED) is 0.917. The van der Waals surface area contributed by atoms with Crippen molar-refractivity contribution < 1.29 is 18.0 Å². The molecule has 0 saturated heterocycles. The number of carbonyl (C=O) groups excluding carboxylic acids is 1. The molecule has 0 bridgehead atoms. The van der Waals surface area contributed by atoms with Crippen molar-refractivity contribution in [3.8, 4) is 0 Å². The molecule has 1 heterocycles. The van der Waals surface area contributed by atoms with E-state index in [9.17, 15) is 18.0 Å². The van der Waals surface area contributed by atoms with Gasteiger partial charge in [-0.15, -0.1) is 0 Å². The number of hydrogen-bond acceptors (Lipinski definition) is 4. The van der Waals surface area contributed by atoms with E-state index in [4.69, 9.17) is 0 Å². The summed E-state index contributed by atoms with van der Waals surface area (Å²) < 4.78 is 37.7. The first-order valence-electron chi connectivity index (χ1n) is 7.56. The summed E-state index contributed by atoms with van der Waals surface area (Å²) in [6.07, 6.45) is -4.42. The molecule has 0 aliphatic heterocycles. The van der Waals surface area contributed by atoms with E-state index < -0.39 is 11.7 Å². The molecule has 8 heteroatoms. The van der Waals surface area contributed by atoms with Crippen LogP contribution in [0.1, 0.15) is 22.5 Å². The fourth-order valence-corrected chi connectivity index (χ4v) is 2.26. The van der Waals surface area contributed by atoms with Gasteiger partial charge in [0, 0.05) is 14.1 Å². The summed E-state index contributed by atoms with van der Waals surface area (Å²) in [6.45, 7) is 3.52. The second-order valence-electron chi connectivity index (χ2n) is 5.88. The summed E-state index contributed by atoms with van der Waals surface area (Å²) in [5, 5.41) is 2.73. The number of aromatic nitrogens is 2. The highest BCUT2D eigenvalue weighted by atomic mass is 19.4. The molecule has 25 heavy (non-hydrogen) atoms. The van der Waals surface area contributed by atoms with Crippen molar-refractivity contribution in [3.05, 3.63) is 46.8 Å². The molecule has 0 aliphatic rings. The lowest BCUT2D eigenvalue weighted by Crippen LogP contribution is -2.19. The lowest BCUT2D eigenvalue weighted by molar-refractivity contribution is -0.137. The molecule has 0 radical (unpaired) electrons. The number of aryl methyl sites for hydroxylation is 2. The van der Waals surface area contributed by atoms with Crippen LogP contribution in [-0.2, 0) is 17.4 Å². The highest BCUT2D eigenvalue weighted by molar-refractivity contribution is 5.93. The van der Waals surface area contributed by atoms with Gasteiger partial charge >= 0.3 is 6.18 Å². The molecule has 0 spiro atoms. The Hall–Kier alpha value is -2.64. The van der Waals surface area contributed by atoms with Crippen LogP contribution in [0, 0.1) is 13.8 Å². The first-order valence-corrected chi connectivity index (χ1v) is 7.56. The molecule has 1 N–H and O–H groups in total. The largest absolute Gasteiger partial charge is 0.416 e. The molecular weight excluding hydrogens is 333 g/mol. The van der Waals surface area contributed by atoms with Gasteiger partial charge in [0.1, 0.15) is 0 Å². The normalized spacial score (nSPS) is 11.3. The summed E-state index contributed by atoms with van der Waals surface area (Å²) in [7, 11) is 3.63. The minimum absolute atomic E-state index is 0.0353. The van der Waals surface area contributed by atoms with E-state index in [0.29, 0.717) is 28.6 Å². The number of halogens is 3.